The van der Waals surface area contributed by atoms with Crippen molar-refractivity contribution < 1.29 is 18.7 Å². The second-order valence-electron chi connectivity index (χ2n) is 7.83. The van der Waals surface area contributed by atoms with Crippen molar-refractivity contribution in [3.8, 4) is 22.6 Å². The molecule has 3 rings (SSSR count). The summed E-state index contributed by atoms with van der Waals surface area (Å²) in [6.45, 7) is 7.40. The second kappa shape index (κ2) is 11.4. The summed E-state index contributed by atoms with van der Waals surface area (Å²) in [7, 11) is 1.63. The number of methoxy groups -OCH3 is 1. The second-order valence-corrected chi connectivity index (χ2v) is 7.83. The number of hydrogen-bond donors (Lipinski definition) is 1. The van der Waals surface area contributed by atoms with Gasteiger partial charge in [-0.1, -0.05) is 38.3 Å². The molecule has 0 saturated carbocycles. The fourth-order valence-corrected chi connectivity index (χ4v) is 3.74. The minimum atomic E-state index is -0.0833. The lowest BCUT2D eigenvalue weighted by Gasteiger charge is -2.10. The number of furan rings is 1. The van der Waals surface area contributed by atoms with Crippen molar-refractivity contribution in [1.29, 1.82) is 0 Å². The molecule has 0 atom stereocenters. The van der Waals surface area contributed by atoms with Gasteiger partial charge < -0.3 is 19.2 Å². The van der Waals surface area contributed by atoms with Gasteiger partial charge in [-0.25, -0.2) is 0 Å². The third-order valence-electron chi connectivity index (χ3n) is 5.47. The van der Waals surface area contributed by atoms with Crippen molar-refractivity contribution in [2.75, 3.05) is 20.3 Å². The lowest BCUT2D eigenvalue weighted by molar-refractivity contribution is -0.116. The van der Waals surface area contributed by atoms with Gasteiger partial charge in [0.05, 0.1) is 20.0 Å². The predicted molar refractivity (Wildman–Crippen MR) is 130 cm³/mol. The number of amides is 1. The monoisotopic (exact) mass is 435 g/mol. The number of rotatable bonds is 11. The van der Waals surface area contributed by atoms with E-state index in [1.165, 1.54) is 12.8 Å². The molecule has 0 saturated heterocycles. The van der Waals surface area contributed by atoms with E-state index in [0.717, 1.165) is 51.8 Å². The lowest BCUT2D eigenvalue weighted by Crippen LogP contribution is -2.22. The third kappa shape index (κ3) is 5.72. The van der Waals surface area contributed by atoms with Crippen LogP contribution >= 0.6 is 0 Å². The first-order valence-corrected chi connectivity index (χ1v) is 11.4. The molecule has 3 aromatic rings. The first kappa shape index (κ1) is 23.5. The number of ether oxygens (including phenoxy) is 2. The highest BCUT2D eigenvalue weighted by molar-refractivity contribution is 6.00. The van der Waals surface area contributed by atoms with Crippen LogP contribution < -0.4 is 14.8 Å². The van der Waals surface area contributed by atoms with Crippen molar-refractivity contribution in [2.45, 2.75) is 46.5 Å². The van der Waals surface area contributed by atoms with Crippen molar-refractivity contribution in [1.82, 2.24) is 5.32 Å². The molecule has 5 nitrogen and oxygen atoms in total. The minimum Gasteiger partial charge on any atom is -0.496 e. The molecule has 170 valence electrons. The van der Waals surface area contributed by atoms with Gasteiger partial charge in [0.25, 0.3) is 0 Å². The maximum atomic E-state index is 12.4. The number of nitrogens with one attached hydrogen (secondary N) is 1. The Morgan fingerprint density at radius 2 is 1.88 bits per heavy atom. The molecule has 1 amide bonds. The van der Waals surface area contributed by atoms with Gasteiger partial charge in [0.1, 0.15) is 17.1 Å². The Morgan fingerprint density at radius 3 is 2.56 bits per heavy atom. The van der Waals surface area contributed by atoms with Gasteiger partial charge in [-0.05, 0) is 49.6 Å². The Hall–Kier alpha value is -3.21. The molecule has 1 N–H and O–H groups in total. The van der Waals surface area contributed by atoms with Crippen LogP contribution in [0.25, 0.3) is 27.7 Å². The van der Waals surface area contributed by atoms with Crippen molar-refractivity contribution in [2.24, 2.45) is 0 Å². The highest BCUT2D eigenvalue weighted by atomic mass is 16.5. The summed E-state index contributed by atoms with van der Waals surface area (Å²) in [6, 6.07) is 11.9. The Morgan fingerprint density at radius 1 is 1.09 bits per heavy atom. The molecule has 32 heavy (non-hydrogen) atoms. The van der Waals surface area contributed by atoms with Crippen LogP contribution in [0.2, 0.25) is 0 Å². The molecular weight excluding hydrogens is 402 g/mol. The maximum Gasteiger partial charge on any atom is 0.244 e. The van der Waals surface area contributed by atoms with Crippen LogP contribution in [0.15, 0.2) is 53.2 Å². The summed E-state index contributed by atoms with van der Waals surface area (Å²) in [5, 5.41) is 3.95. The molecule has 1 aromatic heterocycles. The van der Waals surface area contributed by atoms with E-state index < -0.39 is 0 Å². The predicted octanol–water partition coefficient (Wildman–Crippen LogP) is 6.61. The molecule has 0 radical (unpaired) electrons. The molecule has 0 aliphatic heterocycles. The van der Waals surface area contributed by atoms with Gasteiger partial charge in [0.15, 0.2) is 0 Å². The van der Waals surface area contributed by atoms with Gasteiger partial charge in [0.2, 0.25) is 5.91 Å². The lowest BCUT2D eigenvalue weighted by atomic mass is 9.99. The Bertz CT molecular complexity index is 1060. The van der Waals surface area contributed by atoms with E-state index >= 15 is 0 Å². The van der Waals surface area contributed by atoms with Crippen LogP contribution in [-0.4, -0.2) is 26.2 Å². The molecule has 2 aromatic carbocycles. The summed E-state index contributed by atoms with van der Waals surface area (Å²) >= 11 is 0. The van der Waals surface area contributed by atoms with Crippen LogP contribution in [0.5, 0.6) is 11.5 Å². The van der Waals surface area contributed by atoms with Crippen LogP contribution in [-0.2, 0) is 4.79 Å². The summed E-state index contributed by atoms with van der Waals surface area (Å²) in [4.78, 5) is 12.4. The smallest absolute Gasteiger partial charge is 0.244 e. The van der Waals surface area contributed by atoms with E-state index in [4.69, 9.17) is 13.9 Å². The van der Waals surface area contributed by atoms with Crippen LogP contribution in [0.4, 0.5) is 0 Å². The molecule has 1 heterocycles. The minimum absolute atomic E-state index is 0.0833. The van der Waals surface area contributed by atoms with Gasteiger partial charge in [-0.2, -0.15) is 0 Å². The van der Waals surface area contributed by atoms with E-state index in [2.05, 4.69) is 12.2 Å². The van der Waals surface area contributed by atoms with E-state index in [0.29, 0.717) is 18.9 Å². The number of fused-ring (bicyclic) bond motifs is 1. The molecule has 0 spiro atoms. The molecular formula is C27H33NO4. The standard InChI is InChI=1S/C27H33NO4/c1-5-7-8-9-14-28-27(29)15-19(3)22-16-23-24(18-32-26(23)17-25(22)30-4)20-10-12-21(13-11-20)31-6-2/h10-13,15-18H,5-9,14H2,1-4H3,(H,28,29)/b19-15+. The van der Waals surface area contributed by atoms with E-state index in [-0.39, 0.29) is 5.91 Å². The average Bonchev–Trinajstić information content (AvgIpc) is 3.21. The zero-order valence-corrected chi connectivity index (χ0v) is 19.5. The Kier molecular flexibility index (Phi) is 8.37. The number of allylic oxidation sites excluding steroid dienone is 1. The fraction of sp³-hybridized carbons (Fsp3) is 0.370. The van der Waals surface area contributed by atoms with Crippen LogP contribution in [0.1, 0.15) is 52.0 Å². The maximum absolute atomic E-state index is 12.4. The van der Waals surface area contributed by atoms with Crippen molar-refractivity contribution >= 4 is 22.4 Å². The number of benzene rings is 2. The largest absolute Gasteiger partial charge is 0.496 e. The zero-order valence-electron chi connectivity index (χ0n) is 19.5. The molecule has 0 bridgehead atoms. The SMILES string of the molecule is CCCCCCNC(=O)/C=C(\C)c1cc2c(-c3ccc(OCC)cc3)coc2cc1OC. The summed E-state index contributed by atoms with van der Waals surface area (Å²) < 4.78 is 17.0. The highest BCUT2D eigenvalue weighted by Crippen LogP contribution is 2.37. The first-order chi connectivity index (χ1) is 15.6. The topological polar surface area (TPSA) is 60.7 Å². The van der Waals surface area contributed by atoms with Crippen molar-refractivity contribution in [3.63, 3.8) is 0 Å². The third-order valence-corrected chi connectivity index (χ3v) is 5.47. The fourth-order valence-electron chi connectivity index (χ4n) is 3.74. The van der Waals surface area contributed by atoms with Gasteiger partial charge in [0, 0.05) is 35.2 Å². The summed E-state index contributed by atoms with van der Waals surface area (Å²) in [5.41, 5.74) is 4.47. The summed E-state index contributed by atoms with van der Waals surface area (Å²) in [6.07, 6.45) is 7.91. The number of unbranched alkanes of at least 4 members (excludes halogenated alkanes) is 3. The first-order valence-electron chi connectivity index (χ1n) is 11.4. The molecule has 5 heteroatoms. The number of carbonyl (C=O) groups is 1. The van der Waals surface area contributed by atoms with Gasteiger partial charge in [-0.15, -0.1) is 0 Å². The Labute approximate surface area is 190 Å². The normalized spacial score (nSPS) is 11.6. The van der Waals surface area contributed by atoms with E-state index in [9.17, 15) is 4.79 Å². The van der Waals surface area contributed by atoms with Crippen LogP contribution in [0.3, 0.4) is 0 Å². The Balaban J connectivity index is 1.86. The van der Waals surface area contributed by atoms with E-state index in [1.807, 2.05) is 50.2 Å². The highest BCUT2D eigenvalue weighted by Gasteiger charge is 2.15. The average molecular weight is 436 g/mol. The van der Waals surface area contributed by atoms with Gasteiger partial charge in [-0.3, -0.25) is 4.79 Å². The zero-order chi connectivity index (χ0) is 22.9. The molecule has 0 fully saturated rings. The number of carbonyl (C=O) groups excluding carboxylic acids is 1. The molecule has 0 aliphatic rings. The quantitative estimate of drug-likeness (QED) is 0.272. The van der Waals surface area contributed by atoms with Crippen LogP contribution in [0, 0.1) is 0 Å². The van der Waals surface area contributed by atoms with E-state index in [1.54, 1.807) is 19.4 Å². The number of hydrogen-bond acceptors (Lipinski definition) is 4. The van der Waals surface area contributed by atoms with Gasteiger partial charge >= 0.3 is 0 Å². The molecule has 0 aliphatic carbocycles. The van der Waals surface area contributed by atoms with Crippen molar-refractivity contribution in [3.05, 3.63) is 54.3 Å². The summed E-state index contributed by atoms with van der Waals surface area (Å²) in [5.74, 6) is 1.43. The molecule has 0 unspecified atom stereocenters.